The van der Waals surface area contributed by atoms with E-state index in [2.05, 4.69) is 5.10 Å². The summed E-state index contributed by atoms with van der Waals surface area (Å²) in [4.78, 5) is 29.3. The van der Waals surface area contributed by atoms with Crippen LogP contribution in [-0.4, -0.2) is 42.2 Å². The lowest BCUT2D eigenvalue weighted by Crippen LogP contribution is -2.37. The van der Waals surface area contributed by atoms with Gasteiger partial charge in [0.1, 0.15) is 11.3 Å². The highest BCUT2D eigenvalue weighted by Crippen LogP contribution is 2.31. The van der Waals surface area contributed by atoms with Gasteiger partial charge in [-0.05, 0) is 18.4 Å². The lowest BCUT2D eigenvalue weighted by molar-refractivity contribution is 0.0649. The summed E-state index contributed by atoms with van der Waals surface area (Å²) in [6.45, 7) is 0.508. The summed E-state index contributed by atoms with van der Waals surface area (Å²) in [5, 5.41) is 15.7. The highest BCUT2D eigenvalue weighted by atomic mass is 16.3. The van der Waals surface area contributed by atoms with E-state index in [1.165, 1.54) is 10.9 Å². The Morgan fingerprint density at radius 2 is 1.64 bits per heavy atom. The first-order valence-corrected chi connectivity index (χ1v) is 12.8. The van der Waals surface area contributed by atoms with Crippen LogP contribution in [0.15, 0.2) is 71.5 Å². The third-order valence-electron chi connectivity index (χ3n) is 7.56. The van der Waals surface area contributed by atoms with Crippen LogP contribution < -0.4 is 5.56 Å². The Labute approximate surface area is 209 Å². The van der Waals surface area contributed by atoms with Crippen LogP contribution in [0.2, 0.25) is 0 Å². The predicted octanol–water partition coefficient (Wildman–Crippen LogP) is 4.06. The third kappa shape index (κ3) is 4.03. The van der Waals surface area contributed by atoms with Crippen LogP contribution in [0.4, 0.5) is 0 Å². The number of aliphatic hydroxyl groups is 1. The summed E-state index contributed by atoms with van der Waals surface area (Å²) >= 11 is 0. The second-order valence-corrected chi connectivity index (χ2v) is 9.98. The van der Waals surface area contributed by atoms with E-state index in [-0.39, 0.29) is 24.1 Å². The van der Waals surface area contributed by atoms with E-state index < -0.39 is 6.10 Å². The maximum Gasteiger partial charge on any atom is 0.280 e. The molecule has 184 valence electrons. The number of carbonyl (C=O) groups is 1. The van der Waals surface area contributed by atoms with Gasteiger partial charge in [-0.2, -0.15) is 9.61 Å². The Kier molecular flexibility index (Phi) is 5.93. The van der Waals surface area contributed by atoms with Crippen molar-refractivity contribution >= 4 is 11.6 Å². The quantitative estimate of drug-likeness (QED) is 0.450. The fraction of sp³-hybridized carbons (Fsp3) is 0.345. The van der Waals surface area contributed by atoms with Gasteiger partial charge in [0.25, 0.3) is 11.5 Å². The van der Waals surface area contributed by atoms with Crippen molar-refractivity contribution in [2.24, 2.45) is 0 Å². The molecule has 7 nitrogen and oxygen atoms in total. The van der Waals surface area contributed by atoms with Gasteiger partial charge in [0.15, 0.2) is 0 Å². The lowest BCUT2D eigenvalue weighted by atomic mass is 9.94. The van der Waals surface area contributed by atoms with Crippen molar-refractivity contribution in [3.63, 3.8) is 0 Å². The molecule has 0 spiro atoms. The molecular formula is C29H30N4O3. The molecule has 7 heteroatoms. The topological polar surface area (TPSA) is 79.8 Å². The molecule has 1 atom stereocenters. The van der Waals surface area contributed by atoms with E-state index >= 15 is 0 Å². The van der Waals surface area contributed by atoms with Crippen LogP contribution in [0.3, 0.4) is 0 Å². The number of carbonyl (C=O) groups excluding carboxylic acids is 1. The Morgan fingerprint density at radius 1 is 0.944 bits per heavy atom. The summed E-state index contributed by atoms with van der Waals surface area (Å²) in [5.41, 5.74) is 3.75. The SMILES string of the molecule is O=C1c2c(c(=O)n3nc(-c4ccccc4)cc3n2CC(O)Cc2ccccc2)CN1C1CCCCC1. The summed E-state index contributed by atoms with van der Waals surface area (Å²) in [6.07, 6.45) is 5.08. The standard InChI is InChI=1S/C29H30N4O3/c34-23(16-20-10-4-1-5-11-20)18-32-26-17-25(21-12-6-2-7-13-21)30-33(26)28(35)24-19-31(29(36)27(24)32)22-14-8-3-9-15-22/h1-2,4-7,10-13,17,22-23,34H,3,8-9,14-16,18-19H2. The molecule has 1 amide bonds. The first-order valence-electron chi connectivity index (χ1n) is 12.8. The number of amides is 1. The zero-order valence-corrected chi connectivity index (χ0v) is 20.2. The molecule has 1 saturated carbocycles. The molecule has 1 unspecified atom stereocenters. The molecule has 1 aliphatic heterocycles. The lowest BCUT2D eigenvalue weighted by Gasteiger charge is -2.30. The monoisotopic (exact) mass is 482 g/mol. The molecule has 4 aromatic rings. The maximum absolute atomic E-state index is 13.8. The van der Waals surface area contributed by atoms with Crippen LogP contribution in [0.25, 0.3) is 16.9 Å². The highest BCUT2D eigenvalue weighted by molar-refractivity contribution is 5.97. The van der Waals surface area contributed by atoms with Gasteiger partial charge < -0.3 is 14.6 Å². The van der Waals surface area contributed by atoms with Gasteiger partial charge in [0.2, 0.25) is 0 Å². The fourth-order valence-corrected chi connectivity index (χ4v) is 5.77. The molecule has 0 radical (unpaired) electrons. The number of nitrogens with zero attached hydrogens (tertiary/aromatic N) is 4. The van der Waals surface area contributed by atoms with E-state index in [9.17, 15) is 14.7 Å². The van der Waals surface area contributed by atoms with E-state index in [0.717, 1.165) is 36.8 Å². The molecule has 2 aromatic heterocycles. The minimum Gasteiger partial charge on any atom is -0.391 e. The predicted molar refractivity (Wildman–Crippen MR) is 138 cm³/mol. The van der Waals surface area contributed by atoms with Crippen LogP contribution in [0.1, 0.15) is 53.7 Å². The fourth-order valence-electron chi connectivity index (χ4n) is 5.77. The van der Waals surface area contributed by atoms with Crippen LogP contribution >= 0.6 is 0 Å². The van der Waals surface area contributed by atoms with Gasteiger partial charge >= 0.3 is 0 Å². The number of aliphatic hydroxyl groups excluding tert-OH is 1. The van der Waals surface area contributed by atoms with Gasteiger partial charge in [0, 0.05) is 24.1 Å². The minimum absolute atomic E-state index is 0.106. The van der Waals surface area contributed by atoms with Crippen molar-refractivity contribution < 1.29 is 9.90 Å². The number of rotatable bonds is 6. The zero-order chi connectivity index (χ0) is 24.6. The second-order valence-electron chi connectivity index (χ2n) is 9.98. The van der Waals surface area contributed by atoms with Gasteiger partial charge in [0.05, 0.1) is 30.5 Å². The molecule has 2 aliphatic rings. The number of hydrogen-bond donors (Lipinski definition) is 1. The van der Waals surface area contributed by atoms with Crippen molar-refractivity contribution in [1.29, 1.82) is 0 Å². The van der Waals surface area contributed by atoms with Crippen molar-refractivity contribution in [3.8, 4) is 11.3 Å². The number of aromatic nitrogens is 3. The second kappa shape index (κ2) is 9.39. The first kappa shape index (κ1) is 22.7. The van der Waals surface area contributed by atoms with Crippen molar-refractivity contribution in [2.75, 3.05) is 0 Å². The van der Waals surface area contributed by atoms with Crippen molar-refractivity contribution in [1.82, 2.24) is 19.1 Å². The molecule has 1 aliphatic carbocycles. The molecule has 0 saturated heterocycles. The number of hydrogen-bond acceptors (Lipinski definition) is 4. The Morgan fingerprint density at radius 3 is 2.36 bits per heavy atom. The molecule has 6 rings (SSSR count). The Hall–Kier alpha value is -3.71. The molecular weight excluding hydrogens is 452 g/mol. The van der Waals surface area contributed by atoms with Crippen molar-refractivity contribution in [3.05, 3.63) is 93.9 Å². The average Bonchev–Trinajstić information content (AvgIpc) is 3.51. The van der Waals surface area contributed by atoms with Crippen LogP contribution in [-0.2, 0) is 19.5 Å². The van der Waals surface area contributed by atoms with Gasteiger partial charge in [-0.1, -0.05) is 79.9 Å². The van der Waals surface area contributed by atoms with E-state index in [1.807, 2.05) is 76.2 Å². The van der Waals surface area contributed by atoms with Gasteiger partial charge in [-0.15, -0.1) is 0 Å². The largest absolute Gasteiger partial charge is 0.391 e. The van der Waals surface area contributed by atoms with Crippen LogP contribution in [0, 0.1) is 0 Å². The van der Waals surface area contributed by atoms with Crippen LogP contribution in [0.5, 0.6) is 0 Å². The highest BCUT2D eigenvalue weighted by Gasteiger charge is 2.38. The Balaban J connectivity index is 1.45. The molecule has 3 heterocycles. The van der Waals surface area contributed by atoms with E-state index in [4.69, 9.17) is 0 Å². The average molecular weight is 483 g/mol. The van der Waals surface area contributed by atoms with Crippen molar-refractivity contribution in [2.45, 2.75) is 63.8 Å². The van der Waals surface area contributed by atoms with Gasteiger partial charge in [-0.3, -0.25) is 9.59 Å². The molecule has 1 N–H and O–H groups in total. The maximum atomic E-state index is 13.8. The third-order valence-corrected chi connectivity index (χ3v) is 7.56. The Bertz CT molecular complexity index is 1450. The molecule has 1 fully saturated rings. The van der Waals surface area contributed by atoms with E-state index in [1.54, 1.807) is 0 Å². The normalized spacial score (nSPS) is 17.0. The number of benzene rings is 2. The number of fused-ring (bicyclic) bond motifs is 2. The first-order chi connectivity index (χ1) is 17.6. The summed E-state index contributed by atoms with van der Waals surface area (Å²) in [7, 11) is 0. The summed E-state index contributed by atoms with van der Waals surface area (Å²) in [6, 6.07) is 21.5. The van der Waals surface area contributed by atoms with Gasteiger partial charge in [-0.25, -0.2) is 0 Å². The molecule has 2 aromatic carbocycles. The molecule has 0 bridgehead atoms. The summed E-state index contributed by atoms with van der Waals surface area (Å²) in [5.74, 6) is -0.106. The minimum atomic E-state index is -0.727. The summed E-state index contributed by atoms with van der Waals surface area (Å²) < 4.78 is 3.24. The zero-order valence-electron chi connectivity index (χ0n) is 20.2. The van der Waals surface area contributed by atoms with E-state index in [0.29, 0.717) is 35.6 Å². The molecule has 36 heavy (non-hydrogen) atoms. The smallest absolute Gasteiger partial charge is 0.280 e.